The molecule has 0 radical (unpaired) electrons. The van der Waals surface area contributed by atoms with Gasteiger partial charge in [-0.2, -0.15) is 4.31 Å². The summed E-state index contributed by atoms with van der Waals surface area (Å²) in [5.41, 5.74) is 6.42. The van der Waals surface area contributed by atoms with Crippen molar-refractivity contribution in [3.05, 3.63) is 42.0 Å². The summed E-state index contributed by atoms with van der Waals surface area (Å²) in [5.74, 6) is 0.887. The third-order valence-electron chi connectivity index (χ3n) is 5.31. The number of nitrogens with zero attached hydrogens (tertiary/aromatic N) is 2. The molecule has 1 amide bonds. The zero-order valence-corrected chi connectivity index (χ0v) is 19.5. The van der Waals surface area contributed by atoms with Gasteiger partial charge in [0.15, 0.2) is 11.5 Å². The number of thiazole rings is 1. The molecular formula is C21H22N4O6S2. The van der Waals surface area contributed by atoms with Crippen molar-refractivity contribution in [2.75, 3.05) is 25.3 Å². The summed E-state index contributed by atoms with van der Waals surface area (Å²) in [5, 5.41) is 0.497. The number of fused-ring (bicyclic) bond motifs is 2. The van der Waals surface area contributed by atoms with E-state index in [-0.39, 0.29) is 23.9 Å². The van der Waals surface area contributed by atoms with Gasteiger partial charge in [-0.15, -0.1) is 0 Å². The Balaban J connectivity index is 1.25. The van der Waals surface area contributed by atoms with E-state index in [1.54, 1.807) is 6.07 Å². The molecule has 0 aliphatic carbocycles. The van der Waals surface area contributed by atoms with Crippen LogP contribution in [0.4, 0.5) is 5.13 Å². The average Bonchev–Trinajstić information content (AvgIpc) is 3.40. The molecule has 3 heterocycles. The van der Waals surface area contributed by atoms with Gasteiger partial charge in [-0.25, -0.2) is 13.4 Å². The number of amides is 1. The van der Waals surface area contributed by atoms with Crippen molar-refractivity contribution in [1.29, 1.82) is 0 Å². The lowest BCUT2D eigenvalue weighted by molar-refractivity contribution is -0.0440. The summed E-state index contributed by atoms with van der Waals surface area (Å²) in [4.78, 5) is 17.1. The number of hydrogen-bond donors (Lipinski definition) is 2. The number of benzene rings is 2. The Morgan fingerprint density at radius 3 is 2.45 bits per heavy atom. The molecule has 5 rings (SSSR count). The van der Waals surface area contributed by atoms with E-state index >= 15 is 0 Å². The van der Waals surface area contributed by atoms with Gasteiger partial charge in [0.05, 0.1) is 27.3 Å². The zero-order chi connectivity index (χ0) is 23.2. The van der Waals surface area contributed by atoms with Gasteiger partial charge in [-0.3, -0.25) is 15.6 Å². The second-order valence-corrected chi connectivity index (χ2v) is 10.8. The van der Waals surface area contributed by atoms with E-state index in [1.165, 1.54) is 39.9 Å². The molecule has 0 bridgehead atoms. The second kappa shape index (κ2) is 8.45. The molecule has 10 nitrogen and oxygen atoms in total. The molecular weight excluding hydrogens is 468 g/mol. The fraction of sp³-hybridized carbons (Fsp3) is 0.333. The quantitative estimate of drug-likeness (QED) is 0.524. The van der Waals surface area contributed by atoms with E-state index < -0.39 is 15.9 Å². The van der Waals surface area contributed by atoms with Crippen molar-refractivity contribution in [3.8, 4) is 11.5 Å². The second-order valence-electron chi connectivity index (χ2n) is 7.88. The molecule has 1 fully saturated rings. The van der Waals surface area contributed by atoms with Gasteiger partial charge in [-0.1, -0.05) is 11.3 Å². The third-order valence-corrected chi connectivity index (χ3v) is 8.09. The lowest BCUT2D eigenvalue weighted by Gasteiger charge is -2.34. The van der Waals surface area contributed by atoms with Gasteiger partial charge in [0, 0.05) is 30.8 Å². The number of carbonyl (C=O) groups excluding carboxylic acids is 1. The molecule has 3 aromatic rings. The summed E-state index contributed by atoms with van der Waals surface area (Å²) in [6, 6.07) is 9.47. The standard InChI is InChI=1S/C21H22N4O6S2/c1-12-9-25(10-13(2)31-12)33(27,28)15-5-3-14(4-6-15)20(26)23-24-21-22-16-7-17-18(30-11-29-17)8-19(16)32-21/h3-8,12-13H,9-11H2,1-2H3,(H,22,24)(H,23,26)/t12-,13+. The molecule has 1 saturated heterocycles. The smallest absolute Gasteiger partial charge is 0.269 e. The molecule has 2 N–H and O–H groups in total. The number of morpholine rings is 1. The predicted molar refractivity (Wildman–Crippen MR) is 122 cm³/mol. The van der Waals surface area contributed by atoms with Crippen molar-refractivity contribution in [2.24, 2.45) is 0 Å². The minimum atomic E-state index is -3.67. The van der Waals surface area contributed by atoms with Crippen LogP contribution in [0.15, 0.2) is 41.3 Å². The van der Waals surface area contributed by atoms with Crippen LogP contribution < -0.4 is 20.3 Å². The number of hydrogen-bond acceptors (Lipinski definition) is 9. The van der Waals surface area contributed by atoms with E-state index in [2.05, 4.69) is 15.8 Å². The van der Waals surface area contributed by atoms with Gasteiger partial charge in [0.25, 0.3) is 5.91 Å². The average molecular weight is 491 g/mol. The Labute approximate surface area is 194 Å². The van der Waals surface area contributed by atoms with Gasteiger partial charge in [-0.05, 0) is 38.1 Å². The molecule has 2 aliphatic heterocycles. The molecule has 2 aliphatic rings. The van der Waals surface area contributed by atoms with Crippen molar-refractivity contribution in [1.82, 2.24) is 14.7 Å². The van der Waals surface area contributed by atoms with Crippen molar-refractivity contribution in [3.63, 3.8) is 0 Å². The summed E-state index contributed by atoms with van der Waals surface area (Å²) >= 11 is 1.35. The summed E-state index contributed by atoms with van der Waals surface area (Å²) < 4.78 is 44.6. The number of anilines is 1. The first-order valence-electron chi connectivity index (χ1n) is 10.3. The monoisotopic (exact) mass is 490 g/mol. The number of nitrogens with one attached hydrogen (secondary N) is 2. The van der Waals surface area contributed by atoms with Gasteiger partial charge in [0.1, 0.15) is 0 Å². The maximum atomic E-state index is 13.0. The lowest BCUT2D eigenvalue weighted by atomic mass is 10.2. The molecule has 1 aromatic heterocycles. The van der Waals surface area contributed by atoms with Gasteiger partial charge >= 0.3 is 0 Å². The molecule has 33 heavy (non-hydrogen) atoms. The SMILES string of the molecule is C[C@@H]1CN(S(=O)(=O)c2ccc(C(=O)NNc3nc4cc5c(cc4s3)OCO5)cc2)C[C@H](C)O1. The lowest BCUT2D eigenvalue weighted by Crippen LogP contribution is -2.48. The highest BCUT2D eigenvalue weighted by Crippen LogP contribution is 2.38. The Morgan fingerprint density at radius 2 is 1.76 bits per heavy atom. The fourth-order valence-corrected chi connectivity index (χ4v) is 6.23. The van der Waals surface area contributed by atoms with Crippen LogP contribution in [0.25, 0.3) is 10.2 Å². The van der Waals surface area contributed by atoms with Crippen molar-refractivity contribution < 1.29 is 27.4 Å². The van der Waals surface area contributed by atoms with Crippen LogP contribution in [-0.4, -0.2) is 55.7 Å². The summed E-state index contributed by atoms with van der Waals surface area (Å²) in [6.07, 6.45) is -0.355. The van der Waals surface area contributed by atoms with E-state index in [0.717, 1.165) is 10.2 Å². The molecule has 0 spiro atoms. The van der Waals surface area contributed by atoms with E-state index in [0.29, 0.717) is 35.3 Å². The Hall–Kier alpha value is -2.93. The number of carbonyl (C=O) groups is 1. The highest BCUT2D eigenvalue weighted by atomic mass is 32.2. The number of rotatable bonds is 5. The molecule has 12 heteroatoms. The molecule has 2 atom stereocenters. The number of ether oxygens (including phenoxy) is 3. The maximum absolute atomic E-state index is 13.0. The topological polar surface area (TPSA) is 119 Å². The van der Waals surface area contributed by atoms with Gasteiger partial charge in [0.2, 0.25) is 21.9 Å². The minimum Gasteiger partial charge on any atom is -0.454 e. The van der Waals surface area contributed by atoms with Crippen molar-refractivity contribution >= 4 is 42.6 Å². The van der Waals surface area contributed by atoms with Gasteiger partial charge < -0.3 is 14.2 Å². The number of hydrazine groups is 1. The van der Waals surface area contributed by atoms with Crippen LogP contribution in [0.5, 0.6) is 11.5 Å². The van der Waals surface area contributed by atoms with Crippen molar-refractivity contribution in [2.45, 2.75) is 31.0 Å². The van der Waals surface area contributed by atoms with Crippen LogP contribution in [0, 0.1) is 0 Å². The van der Waals surface area contributed by atoms with Crippen LogP contribution in [0.2, 0.25) is 0 Å². The Bertz CT molecular complexity index is 1260. The van der Waals surface area contributed by atoms with E-state index in [1.807, 2.05) is 19.9 Å². The van der Waals surface area contributed by atoms with Crippen LogP contribution in [0.1, 0.15) is 24.2 Å². The molecule has 2 aromatic carbocycles. The summed E-state index contributed by atoms with van der Waals surface area (Å²) in [6.45, 7) is 4.47. The molecule has 0 saturated carbocycles. The third kappa shape index (κ3) is 4.34. The maximum Gasteiger partial charge on any atom is 0.269 e. The first kappa shape index (κ1) is 21.9. The first-order valence-corrected chi connectivity index (χ1v) is 12.6. The molecule has 174 valence electrons. The minimum absolute atomic E-state index is 0.136. The largest absolute Gasteiger partial charge is 0.454 e. The fourth-order valence-electron chi connectivity index (χ4n) is 3.81. The molecule has 0 unspecified atom stereocenters. The highest BCUT2D eigenvalue weighted by molar-refractivity contribution is 7.89. The van der Waals surface area contributed by atoms with E-state index in [9.17, 15) is 13.2 Å². The van der Waals surface area contributed by atoms with Crippen LogP contribution >= 0.6 is 11.3 Å². The Kier molecular flexibility index (Phi) is 5.60. The van der Waals surface area contributed by atoms with Crippen LogP contribution in [0.3, 0.4) is 0 Å². The van der Waals surface area contributed by atoms with E-state index in [4.69, 9.17) is 14.2 Å². The van der Waals surface area contributed by atoms with Crippen LogP contribution in [-0.2, 0) is 14.8 Å². The Morgan fingerprint density at radius 1 is 1.09 bits per heavy atom. The summed E-state index contributed by atoms with van der Waals surface area (Å²) in [7, 11) is -3.67. The predicted octanol–water partition coefficient (Wildman–Crippen LogP) is 2.58. The normalized spacial score (nSPS) is 20.7. The highest BCUT2D eigenvalue weighted by Gasteiger charge is 2.32. The zero-order valence-electron chi connectivity index (χ0n) is 17.9. The first-order chi connectivity index (χ1) is 15.8. The number of sulfonamides is 1. The number of aromatic nitrogens is 1.